The molecule has 0 aliphatic carbocycles. The minimum absolute atomic E-state index is 0.0833. The maximum absolute atomic E-state index is 11.2. The zero-order valence-corrected chi connectivity index (χ0v) is 13.5. The molecule has 2 aromatic rings. The predicted octanol–water partition coefficient (Wildman–Crippen LogP) is 3.89. The first-order valence-corrected chi connectivity index (χ1v) is 7.01. The van der Waals surface area contributed by atoms with Gasteiger partial charge in [0, 0.05) is 16.5 Å². The molecule has 0 radical (unpaired) electrons. The van der Waals surface area contributed by atoms with Gasteiger partial charge in [-0.2, -0.15) is 0 Å². The molecule has 1 heterocycles. The van der Waals surface area contributed by atoms with Crippen LogP contribution < -0.4 is 10.6 Å². The van der Waals surface area contributed by atoms with Gasteiger partial charge >= 0.3 is 5.69 Å². The highest BCUT2D eigenvalue weighted by Crippen LogP contribution is 2.35. The summed E-state index contributed by atoms with van der Waals surface area (Å²) in [6.07, 6.45) is 1.24. The molecule has 2 N–H and O–H groups in total. The summed E-state index contributed by atoms with van der Waals surface area (Å²) in [5.74, 6) is 0.215. The number of nitrogens with one attached hydrogen (secondary N) is 2. The first-order valence-electron chi connectivity index (χ1n) is 5.84. The van der Waals surface area contributed by atoms with Gasteiger partial charge in [-0.25, -0.2) is 9.97 Å². The fourth-order valence-corrected chi connectivity index (χ4v) is 2.42. The second kappa shape index (κ2) is 6.23. The van der Waals surface area contributed by atoms with Crippen LogP contribution in [0.5, 0.6) is 0 Å². The zero-order valence-electron chi connectivity index (χ0n) is 11.1. The molecular formula is C12H11BrClN5O2. The number of aromatic nitrogens is 2. The largest absolute Gasteiger partial charge is 0.367 e. The van der Waals surface area contributed by atoms with E-state index in [4.69, 9.17) is 11.6 Å². The molecule has 110 valence electrons. The standard InChI is InChI=1S/C12H11BrClN5O2/c1-6-3-7(13)9(4-8(6)14)18-12-10(19(20)21)11(15-2)16-5-17-12/h3-5H,1-2H3,(H2,15,16,17,18). The highest BCUT2D eigenvalue weighted by atomic mass is 79.9. The van der Waals surface area contributed by atoms with Gasteiger partial charge in [-0.15, -0.1) is 0 Å². The molecule has 0 amide bonds. The number of rotatable bonds is 4. The molecule has 0 saturated heterocycles. The molecule has 0 spiro atoms. The second-order valence-corrected chi connectivity index (χ2v) is 5.39. The second-order valence-electron chi connectivity index (χ2n) is 4.13. The quantitative estimate of drug-likeness (QED) is 0.624. The number of hydrogen-bond acceptors (Lipinski definition) is 6. The highest BCUT2D eigenvalue weighted by Gasteiger charge is 2.22. The lowest BCUT2D eigenvalue weighted by Gasteiger charge is -2.11. The van der Waals surface area contributed by atoms with Gasteiger partial charge in [-0.3, -0.25) is 10.1 Å². The van der Waals surface area contributed by atoms with E-state index in [0.29, 0.717) is 10.7 Å². The molecule has 0 aliphatic rings. The summed E-state index contributed by atoms with van der Waals surface area (Å²) in [5.41, 5.74) is 1.24. The molecule has 7 nitrogen and oxygen atoms in total. The van der Waals surface area contributed by atoms with Crippen molar-refractivity contribution in [2.75, 3.05) is 17.7 Å². The van der Waals surface area contributed by atoms with Crippen molar-refractivity contribution < 1.29 is 4.92 Å². The van der Waals surface area contributed by atoms with Gasteiger partial charge in [-0.05, 0) is 40.5 Å². The molecule has 1 aromatic carbocycles. The van der Waals surface area contributed by atoms with E-state index in [2.05, 4.69) is 36.5 Å². The SMILES string of the molecule is CNc1ncnc(Nc2cc(Cl)c(C)cc2Br)c1[N+](=O)[O-]. The molecule has 9 heteroatoms. The Bertz CT molecular complexity index is 710. The fourth-order valence-electron chi connectivity index (χ4n) is 1.70. The fraction of sp³-hybridized carbons (Fsp3) is 0.167. The van der Waals surface area contributed by atoms with Crippen LogP contribution in [-0.2, 0) is 0 Å². The smallest absolute Gasteiger partial charge is 0.353 e. The van der Waals surface area contributed by atoms with Gasteiger partial charge < -0.3 is 10.6 Å². The van der Waals surface area contributed by atoms with Crippen molar-refractivity contribution in [1.29, 1.82) is 0 Å². The van der Waals surface area contributed by atoms with Crippen molar-refractivity contribution in [3.63, 3.8) is 0 Å². The molecule has 2 rings (SSSR count). The van der Waals surface area contributed by atoms with Crippen LogP contribution in [0.25, 0.3) is 0 Å². The summed E-state index contributed by atoms with van der Waals surface area (Å²) in [7, 11) is 1.55. The van der Waals surface area contributed by atoms with E-state index in [1.165, 1.54) is 6.33 Å². The molecule has 0 bridgehead atoms. The molecule has 1 aromatic heterocycles. The molecular weight excluding hydrogens is 362 g/mol. The van der Waals surface area contributed by atoms with Crippen LogP contribution in [0, 0.1) is 17.0 Å². The number of nitrogens with zero attached hydrogens (tertiary/aromatic N) is 3. The van der Waals surface area contributed by atoms with Crippen LogP contribution in [0.15, 0.2) is 22.9 Å². The third-order valence-electron chi connectivity index (χ3n) is 2.74. The summed E-state index contributed by atoms with van der Waals surface area (Å²) in [5, 5.41) is 17.3. The lowest BCUT2D eigenvalue weighted by atomic mass is 10.2. The number of hydrogen-bond donors (Lipinski definition) is 2. The van der Waals surface area contributed by atoms with Gasteiger partial charge in [0.2, 0.25) is 11.6 Å². The van der Waals surface area contributed by atoms with Crippen LogP contribution in [0.1, 0.15) is 5.56 Å². The molecule has 21 heavy (non-hydrogen) atoms. The summed E-state index contributed by atoms with van der Waals surface area (Å²) in [6.45, 7) is 1.86. The van der Waals surface area contributed by atoms with Crippen LogP contribution in [0.3, 0.4) is 0 Å². The van der Waals surface area contributed by atoms with E-state index in [1.54, 1.807) is 13.1 Å². The Labute approximate surface area is 134 Å². The maximum atomic E-state index is 11.2. The average Bonchev–Trinajstić information content (AvgIpc) is 2.44. The van der Waals surface area contributed by atoms with E-state index in [0.717, 1.165) is 10.0 Å². The van der Waals surface area contributed by atoms with E-state index in [-0.39, 0.29) is 17.3 Å². The topological polar surface area (TPSA) is 93.0 Å². The van der Waals surface area contributed by atoms with Crippen LogP contribution in [0.2, 0.25) is 5.02 Å². The van der Waals surface area contributed by atoms with Crippen molar-refractivity contribution in [2.45, 2.75) is 6.92 Å². The molecule has 0 aliphatic heterocycles. The Morgan fingerprint density at radius 2 is 2.00 bits per heavy atom. The van der Waals surface area contributed by atoms with Gasteiger partial charge in [-0.1, -0.05) is 11.6 Å². The Balaban J connectivity index is 2.49. The summed E-state index contributed by atoms with van der Waals surface area (Å²) in [6, 6.07) is 3.49. The normalized spacial score (nSPS) is 10.3. The van der Waals surface area contributed by atoms with E-state index in [9.17, 15) is 10.1 Å². The minimum atomic E-state index is -0.544. The average molecular weight is 373 g/mol. The third-order valence-corrected chi connectivity index (χ3v) is 3.81. The number of aryl methyl sites for hydroxylation is 1. The van der Waals surface area contributed by atoms with Gasteiger partial charge in [0.25, 0.3) is 0 Å². The van der Waals surface area contributed by atoms with Crippen LogP contribution >= 0.6 is 27.5 Å². The van der Waals surface area contributed by atoms with Crippen molar-refractivity contribution in [2.24, 2.45) is 0 Å². The number of nitro groups is 1. The summed E-state index contributed by atoms with van der Waals surface area (Å²) >= 11 is 9.46. The van der Waals surface area contributed by atoms with Crippen molar-refractivity contribution in [3.8, 4) is 0 Å². The maximum Gasteiger partial charge on any atom is 0.353 e. The predicted molar refractivity (Wildman–Crippen MR) is 85.4 cm³/mol. The summed E-state index contributed by atoms with van der Waals surface area (Å²) < 4.78 is 0.725. The molecule has 0 unspecified atom stereocenters. The monoisotopic (exact) mass is 371 g/mol. The summed E-state index contributed by atoms with van der Waals surface area (Å²) in [4.78, 5) is 18.4. The highest BCUT2D eigenvalue weighted by molar-refractivity contribution is 9.10. The third kappa shape index (κ3) is 3.22. The number of halogens is 2. The van der Waals surface area contributed by atoms with E-state index < -0.39 is 4.92 Å². The lowest BCUT2D eigenvalue weighted by molar-refractivity contribution is -0.383. The Morgan fingerprint density at radius 1 is 1.33 bits per heavy atom. The number of anilines is 3. The van der Waals surface area contributed by atoms with Gasteiger partial charge in [0.1, 0.15) is 6.33 Å². The van der Waals surface area contributed by atoms with E-state index >= 15 is 0 Å². The molecule has 0 atom stereocenters. The van der Waals surface area contributed by atoms with Gasteiger partial charge in [0.05, 0.1) is 10.6 Å². The number of benzene rings is 1. The zero-order chi connectivity index (χ0) is 15.6. The Morgan fingerprint density at radius 3 is 2.62 bits per heavy atom. The van der Waals surface area contributed by atoms with E-state index in [1.807, 2.05) is 13.0 Å². The van der Waals surface area contributed by atoms with Crippen molar-refractivity contribution in [3.05, 3.63) is 43.6 Å². The van der Waals surface area contributed by atoms with Crippen LogP contribution in [0.4, 0.5) is 23.0 Å². The van der Waals surface area contributed by atoms with Crippen molar-refractivity contribution >= 4 is 50.5 Å². The first-order chi connectivity index (χ1) is 9.93. The Kier molecular flexibility index (Phi) is 4.59. The molecule has 0 fully saturated rings. The van der Waals surface area contributed by atoms with Crippen molar-refractivity contribution in [1.82, 2.24) is 9.97 Å². The Hall–Kier alpha value is -1.93. The minimum Gasteiger partial charge on any atom is -0.367 e. The van der Waals surface area contributed by atoms with Gasteiger partial charge in [0.15, 0.2) is 0 Å². The lowest BCUT2D eigenvalue weighted by Crippen LogP contribution is -2.05. The van der Waals surface area contributed by atoms with Crippen LogP contribution in [-0.4, -0.2) is 21.9 Å². The molecule has 0 saturated carbocycles. The first kappa shape index (κ1) is 15.5.